The van der Waals surface area contributed by atoms with Gasteiger partial charge in [0.05, 0.1) is 0 Å². The minimum atomic E-state index is -0.242. The Morgan fingerprint density at radius 3 is 2.50 bits per heavy atom. The topological polar surface area (TPSA) is 46.9 Å². The van der Waals surface area contributed by atoms with Crippen molar-refractivity contribution >= 4 is 16.8 Å². The van der Waals surface area contributed by atoms with E-state index >= 15 is 0 Å². The minimum Gasteiger partial charge on any atom is -0.352 e. The van der Waals surface area contributed by atoms with Crippen molar-refractivity contribution in [1.29, 1.82) is 0 Å². The van der Waals surface area contributed by atoms with E-state index in [0.717, 1.165) is 38.7 Å². The maximum atomic E-state index is 13.5. The molecule has 0 aliphatic heterocycles. The largest absolute Gasteiger partial charge is 0.352 e. The lowest BCUT2D eigenvalue weighted by Gasteiger charge is -2.18. The van der Waals surface area contributed by atoms with Crippen molar-refractivity contribution in [2.45, 2.75) is 32.4 Å². The average Bonchev–Trinajstić information content (AvgIpc) is 3.26. The summed E-state index contributed by atoms with van der Waals surface area (Å²) in [5.41, 5.74) is 6.50. The molecule has 2 heterocycles. The first kappa shape index (κ1) is 23.5. The summed E-state index contributed by atoms with van der Waals surface area (Å²) in [6, 6.07) is 27.1. The third kappa shape index (κ3) is 5.36. The number of fused-ring (bicyclic) bond motifs is 1. The Labute approximate surface area is 210 Å². The number of nitrogens with one attached hydrogen (secondary N) is 1. The lowest BCUT2D eigenvalue weighted by Crippen LogP contribution is -2.25. The number of aryl methyl sites for hydroxylation is 1. The molecule has 5 rings (SSSR count). The summed E-state index contributed by atoms with van der Waals surface area (Å²) >= 11 is 0. The molecule has 36 heavy (non-hydrogen) atoms. The molecule has 2 aromatic heterocycles. The summed E-state index contributed by atoms with van der Waals surface area (Å²) < 4.78 is 15.6. The van der Waals surface area contributed by atoms with Crippen LogP contribution in [-0.2, 0) is 17.9 Å². The highest BCUT2D eigenvalue weighted by Gasteiger charge is 2.23. The molecule has 4 nitrogen and oxygen atoms in total. The molecule has 5 aromatic rings. The number of hydrogen-bond donors (Lipinski definition) is 1. The number of nitrogens with zero attached hydrogens (tertiary/aromatic N) is 2. The molecule has 0 aliphatic rings. The zero-order chi connectivity index (χ0) is 24.9. The maximum Gasteiger partial charge on any atom is 0.221 e. The molecular formula is C31H28FN3O. The van der Waals surface area contributed by atoms with Gasteiger partial charge in [-0.1, -0.05) is 60.2 Å². The van der Waals surface area contributed by atoms with E-state index in [4.69, 9.17) is 0 Å². The van der Waals surface area contributed by atoms with Gasteiger partial charge in [-0.05, 0) is 59.5 Å². The maximum absolute atomic E-state index is 13.5. The zero-order valence-electron chi connectivity index (χ0n) is 20.2. The van der Waals surface area contributed by atoms with Gasteiger partial charge in [0.25, 0.3) is 0 Å². The standard InChI is InChI=1S/C31H28FN3O/c1-22-5-4-6-25(17-22)28(18-31(36)34-19-23-13-15-33-16-14-23)29-21-35(30-8-3-2-7-27(29)30)20-24-9-11-26(32)12-10-24/h2-17,21,28H,18-20H2,1H3,(H,34,36). The summed E-state index contributed by atoms with van der Waals surface area (Å²) in [6.07, 6.45) is 5.94. The molecule has 0 spiro atoms. The van der Waals surface area contributed by atoms with Gasteiger partial charge in [-0.15, -0.1) is 0 Å². The summed E-state index contributed by atoms with van der Waals surface area (Å²) in [5.74, 6) is -0.357. The number of amides is 1. The van der Waals surface area contributed by atoms with Gasteiger partial charge >= 0.3 is 0 Å². The van der Waals surface area contributed by atoms with Gasteiger partial charge in [0, 0.05) is 54.9 Å². The Bertz CT molecular complexity index is 1480. The SMILES string of the molecule is Cc1cccc(C(CC(=O)NCc2ccncc2)c2cn(Cc3ccc(F)cc3)c3ccccc23)c1. The van der Waals surface area contributed by atoms with Crippen LogP contribution in [-0.4, -0.2) is 15.5 Å². The van der Waals surface area contributed by atoms with Crippen molar-refractivity contribution in [1.82, 2.24) is 14.9 Å². The van der Waals surface area contributed by atoms with E-state index in [2.05, 4.69) is 58.3 Å². The number of aromatic nitrogens is 2. The van der Waals surface area contributed by atoms with E-state index in [1.54, 1.807) is 12.4 Å². The lowest BCUT2D eigenvalue weighted by molar-refractivity contribution is -0.121. The Morgan fingerprint density at radius 2 is 1.72 bits per heavy atom. The fraction of sp³-hybridized carbons (Fsp3) is 0.161. The fourth-order valence-electron chi connectivity index (χ4n) is 4.72. The van der Waals surface area contributed by atoms with Crippen LogP contribution in [0.3, 0.4) is 0 Å². The second kappa shape index (κ2) is 10.6. The number of rotatable bonds is 8. The number of benzene rings is 3. The molecule has 0 fully saturated rings. The third-order valence-corrected chi connectivity index (χ3v) is 6.53. The van der Waals surface area contributed by atoms with Gasteiger partial charge in [-0.2, -0.15) is 0 Å². The monoisotopic (exact) mass is 477 g/mol. The number of carbonyl (C=O) groups excluding carboxylic acids is 1. The molecule has 1 amide bonds. The van der Waals surface area contributed by atoms with Gasteiger partial charge in [0.1, 0.15) is 5.82 Å². The van der Waals surface area contributed by atoms with Crippen LogP contribution in [0.1, 0.15) is 40.2 Å². The van der Waals surface area contributed by atoms with Gasteiger partial charge < -0.3 is 9.88 Å². The molecule has 0 bridgehead atoms. The van der Waals surface area contributed by atoms with E-state index in [1.807, 2.05) is 42.5 Å². The molecular weight excluding hydrogens is 449 g/mol. The highest BCUT2D eigenvalue weighted by Crippen LogP contribution is 2.35. The molecule has 0 aliphatic carbocycles. The molecule has 0 saturated carbocycles. The first-order valence-electron chi connectivity index (χ1n) is 12.1. The first-order chi connectivity index (χ1) is 17.6. The highest BCUT2D eigenvalue weighted by atomic mass is 19.1. The van der Waals surface area contributed by atoms with E-state index in [0.29, 0.717) is 19.5 Å². The highest BCUT2D eigenvalue weighted by molar-refractivity contribution is 5.86. The van der Waals surface area contributed by atoms with Crippen molar-refractivity contribution in [2.24, 2.45) is 0 Å². The minimum absolute atomic E-state index is 0.00585. The molecule has 0 radical (unpaired) electrons. The van der Waals surface area contributed by atoms with Crippen LogP contribution in [0.2, 0.25) is 0 Å². The molecule has 1 N–H and O–H groups in total. The van der Waals surface area contributed by atoms with Crippen LogP contribution >= 0.6 is 0 Å². The number of pyridine rings is 1. The van der Waals surface area contributed by atoms with E-state index in [-0.39, 0.29) is 17.6 Å². The van der Waals surface area contributed by atoms with Crippen LogP contribution in [0.25, 0.3) is 10.9 Å². The fourth-order valence-corrected chi connectivity index (χ4v) is 4.72. The van der Waals surface area contributed by atoms with Crippen LogP contribution in [0.15, 0.2) is 104 Å². The van der Waals surface area contributed by atoms with Gasteiger partial charge in [0.2, 0.25) is 5.91 Å². The van der Waals surface area contributed by atoms with E-state index < -0.39 is 0 Å². The smallest absolute Gasteiger partial charge is 0.221 e. The van der Waals surface area contributed by atoms with Gasteiger partial charge in [0.15, 0.2) is 0 Å². The molecule has 5 heteroatoms. The average molecular weight is 478 g/mol. The number of carbonyl (C=O) groups is 1. The Balaban J connectivity index is 1.49. The number of para-hydroxylation sites is 1. The van der Waals surface area contributed by atoms with Crippen molar-refractivity contribution < 1.29 is 9.18 Å². The van der Waals surface area contributed by atoms with E-state index in [1.165, 1.54) is 12.1 Å². The normalized spacial score (nSPS) is 11.9. The second-order valence-corrected chi connectivity index (χ2v) is 9.16. The van der Waals surface area contributed by atoms with Crippen molar-refractivity contribution in [3.05, 3.63) is 137 Å². The van der Waals surface area contributed by atoms with Crippen LogP contribution < -0.4 is 5.32 Å². The van der Waals surface area contributed by atoms with Crippen LogP contribution in [0.4, 0.5) is 4.39 Å². The summed E-state index contributed by atoms with van der Waals surface area (Å²) in [5, 5.41) is 4.19. The predicted octanol–water partition coefficient (Wildman–Crippen LogP) is 6.37. The van der Waals surface area contributed by atoms with Crippen molar-refractivity contribution in [3.8, 4) is 0 Å². The number of halogens is 1. The van der Waals surface area contributed by atoms with E-state index in [9.17, 15) is 9.18 Å². The Morgan fingerprint density at radius 1 is 0.944 bits per heavy atom. The van der Waals surface area contributed by atoms with Crippen molar-refractivity contribution in [2.75, 3.05) is 0 Å². The Kier molecular flexibility index (Phi) is 6.89. The summed E-state index contributed by atoms with van der Waals surface area (Å²) in [6.45, 7) is 3.16. The van der Waals surface area contributed by atoms with Gasteiger partial charge in [-0.3, -0.25) is 9.78 Å². The molecule has 3 aromatic carbocycles. The number of hydrogen-bond acceptors (Lipinski definition) is 2. The molecule has 180 valence electrons. The lowest BCUT2D eigenvalue weighted by atomic mass is 9.87. The quantitative estimate of drug-likeness (QED) is 0.282. The Hall–Kier alpha value is -4.25. The molecule has 0 saturated heterocycles. The summed E-state index contributed by atoms with van der Waals surface area (Å²) in [7, 11) is 0. The van der Waals surface area contributed by atoms with Crippen LogP contribution in [0, 0.1) is 12.7 Å². The zero-order valence-corrected chi connectivity index (χ0v) is 20.2. The molecule has 1 atom stereocenters. The third-order valence-electron chi connectivity index (χ3n) is 6.53. The molecule has 1 unspecified atom stereocenters. The first-order valence-corrected chi connectivity index (χ1v) is 12.1. The van der Waals surface area contributed by atoms with Crippen molar-refractivity contribution in [3.63, 3.8) is 0 Å². The van der Waals surface area contributed by atoms with Gasteiger partial charge in [-0.25, -0.2) is 4.39 Å². The van der Waals surface area contributed by atoms with Crippen LogP contribution in [0.5, 0.6) is 0 Å². The second-order valence-electron chi connectivity index (χ2n) is 9.16. The predicted molar refractivity (Wildman–Crippen MR) is 141 cm³/mol. The summed E-state index contributed by atoms with van der Waals surface area (Å²) in [4.78, 5) is 17.2.